The first-order valence-electron chi connectivity index (χ1n) is 8.61. The van der Waals surface area contributed by atoms with Gasteiger partial charge in [0.1, 0.15) is 6.04 Å². The molecule has 1 fully saturated rings. The molecule has 7 nitrogen and oxygen atoms in total. The molecule has 0 spiro atoms. The molecule has 2 heterocycles. The van der Waals surface area contributed by atoms with E-state index < -0.39 is 6.04 Å². The van der Waals surface area contributed by atoms with Crippen molar-refractivity contribution in [2.75, 3.05) is 6.54 Å². The zero-order valence-electron chi connectivity index (χ0n) is 14.6. The Morgan fingerprint density at radius 3 is 2.64 bits per heavy atom. The zero-order chi connectivity index (χ0) is 17.8. The van der Waals surface area contributed by atoms with E-state index in [9.17, 15) is 9.59 Å². The van der Waals surface area contributed by atoms with Crippen LogP contribution in [0.3, 0.4) is 0 Å². The van der Waals surface area contributed by atoms with Crippen LogP contribution in [-0.4, -0.2) is 44.4 Å². The molecule has 132 valence electrons. The number of aromatic nitrogens is 3. The second-order valence-electron chi connectivity index (χ2n) is 6.57. The summed E-state index contributed by atoms with van der Waals surface area (Å²) in [6, 6.07) is 9.39. The Morgan fingerprint density at radius 1 is 1.20 bits per heavy atom. The van der Waals surface area contributed by atoms with Crippen LogP contribution in [0, 0.1) is 0 Å². The number of hydrogen-bond acceptors (Lipinski definition) is 4. The van der Waals surface area contributed by atoms with Crippen molar-refractivity contribution >= 4 is 11.9 Å². The third-order valence-corrected chi connectivity index (χ3v) is 4.30. The molecule has 0 radical (unpaired) electrons. The number of carbonyl (C=O) groups excluding carboxylic acids is 2. The predicted molar refractivity (Wildman–Crippen MR) is 92.9 cm³/mol. The van der Waals surface area contributed by atoms with Gasteiger partial charge in [-0.05, 0) is 32.3 Å². The molecule has 0 bridgehead atoms. The Balaban J connectivity index is 1.54. The summed E-state index contributed by atoms with van der Waals surface area (Å²) in [5, 5.41) is 10.9. The van der Waals surface area contributed by atoms with Crippen LogP contribution in [0.4, 0.5) is 4.79 Å². The average Bonchev–Trinajstić information content (AvgIpc) is 3.16. The summed E-state index contributed by atoms with van der Waals surface area (Å²) < 4.78 is 1.74. The number of amides is 3. The number of nitrogens with one attached hydrogen (secondary N) is 1. The van der Waals surface area contributed by atoms with E-state index in [1.807, 2.05) is 50.4 Å². The number of aryl methyl sites for hydroxylation is 1. The van der Waals surface area contributed by atoms with Crippen molar-refractivity contribution in [1.29, 1.82) is 0 Å². The predicted octanol–water partition coefficient (Wildman–Crippen LogP) is 1.95. The quantitative estimate of drug-likeness (QED) is 0.781. The first kappa shape index (κ1) is 17.1. The van der Waals surface area contributed by atoms with Crippen LogP contribution >= 0.6 is 0 Å². The van der Waals surface area contributed by atoms with Gasteiger partial charge in [0.2, 0.25) is 0 Å². The van der Waals surface area contributed by atoms with Crippen LogP contribution in [0.1, 0.15) is 37.6 Å². The maximum absolute atomic E-state index is 12.5. The van der Waals surface area contributed by atoms with E-state index in [0.29, 0.717) is 18.7 Å². The van der Waals surface area contributed by atoms with Crippen LogP contribution in [0.2, 0.25) is 0 Å². The highest BCUT2D eigenvalue weighted by Gasteiger charge is 2.37. The van der Waals surface area contributed by atoms with Crippen LogP contribution < -0.4 is 5.32 Å². The summed E-state index contributed by atoms with van der Waals surface area (Å²) in [7, 11) is 0. The molecule has 1 saturated heterocycles. The minimum atomic E-state index is -0.554. The van der Waals surface area contributed by atoms with Gasteiger partial charge in [-0.1, -0.05) is 35.5 Å². The summed E-state index contributed by atoms with van der Waals surface area (Å²) in [4.78, 5) is 25.9. The smallest absolute Gasteiger partial charge is 0.324 e. The molecule has 1 atom stereocenters. The Kier molecular flexibility index (Phi) is 5.11. The standard InChI is InChI=1S/C18H23N5O2/c1-13(2)23-12-15(20-21-23)11-16-17(24)22(18(25)19-16)10-6-9-14-7-4-3-5-8-14/h3-5,7-8,12-13,16H,6,9-11H2,1-2H3,(H,19,25). The molecule has 1 aliphatic rings. The van der Waals surface area contributed by atoms with Crippen molar-refractivity contribution in [1.82, 2.24) is 25.2 Å². The van der Waals surface area contributed by atoms with Gasteiger partial charge in [-0.25, -0.2) is 9.48 Å². The molecular formula is C18H23N5O2. The van der Waals surface area contributed by atoms with Crippen molar-refractivity contribution in [3.05, 3.63) is 47.8 Å². The van der Waals surface area contributed by atoms with Crippen LogP contribution in [0.5, 0.6) is 0 Å². The van der Waals surface area contributed by atoms with E-state index in [1.54, 1.807) is 4.68 Å². The lowest BCUT2D eigenvalue weighted by molar-refractivity contribution is -0.127. The van der Waals surface area contributed by atoms with Gasteiger partial charge in [0.15, 0.2) is 0 Å². The fourth-order valence-corrected chi connectivity index (χ4v) is 2.88. The lowest BCUT2D eigenvalue weighted by atomic mass is 10.1. The molecule has 3 rings (SSSR count). The highest BCUT2D eigenvalue weighted by atomic mass is 16.2. The topological polar surface area (TPSA) is 80.1 Å². The lowest BCUT2D eigenvalue weighted by Crippen LogP contribution is -2.33. The minimum Gasteiger partial charge on any atom is -0.325 e. The van der Waals surface area contributed by atoms with Gasteiger partial charge in [0, 0.05) is 25.2 Å². The van der Waals surface area contributed by atoms with Crippen LogP contribution in [-0.2, 0) is 17.6 Å². The largest absolute Gasteiger partial charge is 0.325 e. The minimum absolute atomic E-state index is 0.183. The molecule has 2 aromatic rings. The highest BCUT2D eigenvalue weighted by Crippen LogP contribution is 2.13. The van der Waals surface area contributed by atoms with Gasteiger partial charge in [0.05, 0.1) is 5.69 Å². The normalized spacial score (nSPS) is 17.4. The fourth-order valence-electron chi connectivity index (χ4n) is 2.88. The third-order valence-electron chi connectivity index (χ3n) is 4.30. The monoisotopic (exact) mass is 341 g/mol. The van der Waals surface area contributed by atoms with E-state index >= 15 is 0 Å². The SMILES string of the molecule is CC(C)n1cc(CC2NC(=O)N(CCCc3ccccc3)C2=O)nn1. The van der Waals surface area contributed by atoms with Crippen LogP contribution in [0.15, 0.2) is 36.5 Å². The van der Waals surface area contributed by atoms with Gasteiger partial charge < -0.3 is 5.32 Å². The molecule has 1 unspecified atom stereocenters. The van der Waals surface area contributed by atoms with Gasteiger partial charge >= 0.3 is 6.03 Å². The molecule has 3 amide bonds. The van der Waals surface area contributed by atoms with Crippen molar-refractivity contribution in [2.45, 2.75) is 45.2 Å². The Bertz CT molecular complexity index is 741. The fraction of sp³-hybridized carbons (Fsp3) is 0.444. The van der Waals surface area contributed by atoms with Crippen molar-refractivity contribution in [3.63, 3.8) is 0 Å². The highest BCUT2D eigenvalue weighted by molar-refractivity contribution is 6.04. The molecule has 1 aromatic heterocycles. The van der Waals surface area contributed by atoms with E-state index in [2.05, 4.69) is 15.6 Å². The van der Waals surface area contributed by atoms with E-state index in [-0.39, 0.29) is 18.0 Å². The average molecular weight is 341 g/mol. The van der Waals surface area contributed by atoms with E-state index in [4.69, 9.17) is 0 Å². The van der Waals surface area contributed by atoms with Crippen molar-refractivity contribution < 1.29 is 9.59 Å². The summed E-state index contributed by atoms with van der Waals surface area (Å²) >= 11 is 0. The molecule has 25 heavy (non-hydrogen) atoms. The van der Waals surface area contributed by atoms with Gasteiger partial charge in [-0.2, -0.15) is 0 Å². The summed E-state index contributed by atoms with van der Waals surface area (Å²) in [6.45, 7) is 4.44. The third kappa shape index (κ3) is 4.04. The number of hydrogen-bond donors (Lipinski definition) is 1. The Hall–Kier alpha value is -2.70. The second-order valence-corrected chi connectivity index (χ2v) is 6.57. The zero-order valence-corrected chi connectivity index (χ0v) is 14.6. The molecule has 0 saturated carbocycles. The Morgan fingerprint density at radius 2 is 1.96 bits per heavy atom. The lowest BCUT2D eigenvalue weighted by Gasteiger charge is -2.12. The van der Waals surface area contributed by atoms with Crippen molar-refractivity contribution in [2.24, 2.45) is 0 Å². The van der Waals surface area contributed by atoms with E-state index in [1.165, 1.54) is 10.5 Å². The number of imide groups is 1. The first-order chi connectivity index (χ1) is 12.0. The number of benzene rings is 1. The molecule has 1 aliphatic heterocycles. The summed E-state index contributed by atoms with van der Waals surface area (Å²) in [5.74, 6) is -0.183. The molecule has 1 N–H and O–H groups in total. The van der Waals surface area contributed by atoms with Crippen LogP contribution in [0.25, 0.3) is 0 Å². The summed E-state index contributed by atoms with van der Waals surface area (Å²) in [5.41, 5.74) is 1.91. The second kappa shape index (κ2) is 7.46. The van der Waals surface area contributed by atoms with Gasteiger partial charge in [-0.3, -0.25) is 9.69 Å². The maximum atomic E-state index is 12.5. The van der Waals surface area contributed by atoms with E-state index in [0.717, 1.165) is 12.8 Å². The van der Waals surface area contributed by atoms with Gasteiger partial charge in [0.25, 0.3) is 5.91 Å². The van der Waals surface area contributed by atoms with Crippen molar-refractivity contribution in [3.8, 4) is 0 Å². The molecular weight excluding hydrogens is 318 g/mol. The molecule has 0 aliphatic carbocycles. The van der Waals surface area contributed by atoms with Gasteiger partial charge in [-0.15, -0.1) is 5.10 Å². The number of urea groups is 1. The summed E-state index contributed by atoms with van der Waals surface area (Å²) in [6.07, 6.45) is 3.78. The molecule has 1 aromatic carbocycles. The number of rotatable bonds is 7. The Labute approximate surface area is 147 Å². The number of carbonyl (C=O) groups is 2. The first-order valence-corrected chi connectivity index (χ1v) is 8.61. The number of nitrogens with zero attached hydrogens (tertiary/aromatic N) is 4. The molecule has 7 heteroatoms. The maximum Gasteiger partial charge on any atom is 0.324 e.